The minimum absolute atomic E-state index is 0.00207. The molecule has 0 spiro atoms. The number of carboxylic acid groups (broad SMARTS) is 1. The first kappa shape index (κ1) is 17.3. The molecule has 0 bridgehead atoms. The van der Waals surface area contributed by atoms with E-state index in [1.807, 2.05) is 6.92 Å². The summed E-state index contributed by atoms with van der Waals surface area (Å²) in [7, 11) is 0. The van der Waals surface area contributed by atoms with Gasteiger partial charge in [0.2, 0.25) is 0 Å². The van der Waals surface area contributed by atoms with E-state index in [1.165, 1.54) is 11.0 Å². The zero-order valence-corrected chi connectivity index (χ0v) is 13.7. The third-order valence-corrected chi connectivity index (χ3v) is 5.05. The number of hydrogen-bond acceptors (Lipinski definition) is 2. The van der Waals surface area contributed by atoms with Crippen molar-refractivity contribution in [2.45, 2.75) is 44.2 Å². The summed E-state index contributed by atoms with van der Waals surface area (Å²) in [6.07, 6.45) is 0.136. The van der Waals surface area contributed by atoms with Gasteiger partial charge >= 0.3 is 6.09 Å². The van der Waals surface area contributed by atoms with Gasteiger partial charge in [-0.15, -0.1) is 0 Å². The van der Waals surface area contributed by atoms with Crippen molar-refractivity contribution in [3.8, 4) is 0 Å². The third kappa shape index (κ3) is 2.90. The van der Waals surface area contributed by atoms with Gasteiger partial charge in [0, 0.05) is 6.54 Å². The lowest BCUT2D eigenvalue weighted by Crippen LogP contribution is -2.51. The third-order valence-electron chi connectivity index (χ3n) is 4.27. The molecule has 1 amide bonds. The molecule has 1 heterocycles. The second kappa shape index (κ2) is 6.60. The second-order valence-corrected chi connectivity index (χ2v) is 6.38. The zero-order valence-electron chi connectivity index (χ0n) is 12.2. The van der Waals surface area contributed by atoms with Gasteiger partial charge in [-0.05, 0) is 37.0 Å². The van der Waals surface area contributed by atoms with E-state index in [0.717, 1.165) is 6.07 Å². The topological polar surface area (TPSA) is 60.8 Å². The Morgan fingerprint density at radius 1 is 1.50 bits per heavy atom. The number of nitrogens with zero attached hydrogens (tertiary/aromatic N) is 1. The molecule has 1 aliphatic rings. The van der Waals surface area contributed by atoms with Crippen LogP contribution in [0.15, 0.2) is 12.1 Å². The minimum Gasteiger partial charge on any atom is -0.465 e. The maximum atomic E-state index is 13.8. The fraction of sp³-hybridized carbons (Fsp3) is 0.533. The standard InChI is InChI=1S/C15H18Cl2FNO3/c1-2-4-15(5-3-6-19(15)14(21)22)13(20)9-7-10(16)12(17)11(18)8-9/h7-8,13,20H,2-6H2,1H3,(H,21,22). The molecule has 2 atom stereocenters. The predicted molar refractivity (Wildman–Crippen MR) is 83.0 cm³/mol. The van der Waals surface area contributed by atoms with Crippen molar-refractivity contribution in [1.82, 2.24) is 4.90 Å². The van der Waals surface area contributed by atoms with E-state index in [2.05, 4.69) is 0 Å². The summed E-state index contributed by atoms with van der Waals surface area (Å²) in [4.78, 5) is 12.8. The van der Waals surface area contributed by atoms with Crippen LogP contribution in [0.5, 0.6) is 0 Å². The second-order valence-electron chi connectivity index (χ2n) is 5.59. The first-order chi connectivity index (χ1) is 10.3. The van der Waals surface area contributed by atoms with Crippen LogP contribution >= 0.6 is 23.2 Å². The van der Waals surface area contributed by atoms with Crippen LogP contribution in [0, 0.1) is 5.82 Å². The van der Waals surface area contributed by atoms with Gasteiger partial charge in [0.25, 0.3) is 0 Å². The Kier molecular flexibility index (Phi) is 5.20. The molecule has 22 heavy (non-hydrogen) atoms. The maximum absolute atomic E-state index is 13.8. The van der Waals surface area contributed by atoms with Gasteiger partial charge in [-0.3, -0.25) is 4.90 Å². The zero-order chi connectivity index (χ0) is 16.5. The Balaban J connectivity index is 2.47. The first-order valence-corrected chi connectivity index (χ1v) is 7.92. The molecule has 1 fully saturated rings. The van der Waals surface area contributed by atoms with Crippen LogP contribution in [0.3, 0.4) is 0 Å². The van der Waals surface area contributed by atoms with Crippen LogP contribution in [0.1, 0.15) is 44.3 Å². The van der Waals surface area contributed by atoms with Crippen molar-refractivity contribution in [2.75, 3.05) is 6.54 Å². The predicted octanol–water partition coefficient (Wildman–Crippen LogP) is 4.48. The van der Waals surface area contributed by atoms with Crippen molar-refractivity contribution in [1.29, 1.82) is 0 Å². The van der Waals surface area contributed by atoms with Gasteiger partial charge in [0.05, 0.1) is 15.6 Å². The number of rotatable bonds is 4. The SMILES string of the molecule is CCCC1(C(O)c2cc(F)c(Cl)c(Cl)c2)CCCN1C(=O)O. The van der Waals surface area contributed by atoms with E-state index in [4.69, 9.17) is 23.2 Å². The number of likely N-dealkylation sites (tertiary alicyclic amines) is 1. The van der Waals surface area contributed by atoms with Crippen molar-refractivity contribution >= 4 is 29.3 Å². The molecule has 1 aliphatic heterocycles. The van der Waals surface area contributed by atoms with E-state index in [0.29, 0.717) is 32.2 Å². The number of amides is 1. The Bertz CT molecular complexity index is 561. The van der Waals surface area contributed by atoms with Gasteiger partial charge in [-0.1, -0.05) is 36.5 Å². The molecule has 1 aromatic carbocycles. The first-order valence-electron chi connectivity index (χ1n) is 7.16. The molecule has 2 rings (SSSR count). The summed E-state index contributed by atoms with van der Waals surface area (Å²) >= 11 is 11.6. The fourth-order valence-electron chi connectivity index (χ4n) is 3.34. The number of halogens is 3. The van der Waals surface area contributed by atoms with Crippen LogP contribution in [0.25, 0.3) is 0 Å². The number of hydrogen-bond donors (Lipinski definition) is 2. The molecule has 7 heteroatoms. The summed E-state index contributed by atoms with van der Waals surface area (Å²) in [5, 5.41) is 20.0. The molecule has 1 aromatic rings. The van der Waals surface area contributed by atoms with Crippen molar-refractivity contribution < 1.29 is 19.4 Å². The van der Waals surface area contributed by atoms with Gasteiger partial charge < -0.3 is 10.2 Å². The molecule has 0 radical (unpaired) electrons. The molecular formula is C15H18Cl2FNO3. The highest BCUT2D eigenvalue weighted by atomic mass is 35.5. The van der Waals surface area contributed by atoms with E-state index in [1.54, 1.807) is 0 Å². The Morgan fingerprint density at radius 3 is 2.73 bits per heavy atom. The van der Waals surface area contributed by atoms with E-state index < -0.39 is 23.6 Å². The highest BCUT2D eigenvalue weighted by Crippen LogP contribution is 2.44. The largest absolute Gasteiger partial charge is 0.465 e. The van der Waals surface area contributed by atoms with Crippen molar-refractivity contribution in [3.05, 3.63) is 33.6 Å². The highest BCUT2D eigenvalue weighted by molar-refractivity contribution is 6.42. The molecule has 0 aliphatic carbocycles. The van der Waals surface area contributed by atoms with Gasteiger partial charge in [0.1, 0.15) is 11.9 Å². The molecule has 2 N–H and O–H groups in total. The molecular weight excluding hydrogens is 332 g/mol. The van der Waals surface area contributed by atoms with E-state index >= 15 is 0 Å². The smallest absolute Gasteiger partial charge is 0.407 e. The van der Waals surface area contributed by atoms with Crippen LogP contribution in [0.4, 0.5) is 9.18 Å². The Morgan fingerprint density at radius 2 is 2.18 bits per heavy atom. The Labute approximate surface area is 138 Å². The van der Waals surface area contributed by atoms with Crippen molar-refractivity contribution in [3.63, 3.8) is 0 Å². The normalized spacial score (nSPS) is 22.9. The van der Waals surface area contributed by atoms with Crippen LogP contribution in [0.2, 0.25) is 10.0 Å². The summed E-state index contributed by atoms with van der Waals surface area (Å²) in [5.41, 5.74) is -0.710. The molecule has 1 saturated heterocycles. The lowest BCUT2D eigenvalue weighted by atomic mass is 9.81. The maximum Gasteiger partial charge on any atom is 0.407 e. The number of aliphatic hydroxyl groups is 1. The van der Waals surface area contributed by atoms with Crippen molar-refractivity contribution in [2.24, 2.45) is 0 Å². The lowest BCUT2D eigenvalue weighted by Gasteiger charge is -2.41. The van der Waals surface area contributed by atoms with Gasteiger partial charge in [-0.2, -0.15) is 0 Å². The molecule has 0 saturated carbocycles. The van der Waals surface area contributed by atoms with Gasteiger partial charge in [-0.25, -0.2) is 9.18 Å². The minimum atomic E-state index is -1.16. The number of carbonyl (C=O) groups is 1. The quantitative estimate of drug-likeness (QED) is 0.787. The number of aliphatic hydroxyl groups excluding tert-OH is 1. The lowest BCUT2D eigenvalue weighted by molar-refractivity contribution is -0.00841. The average molecular weight is 350 g/mol. The molecule has 2 unspecified atom stereocenters. The van der Waals surface area contributed by atoms with Crippen LogP contribution in [-0.2, 0) is 0 Å². The monoisotopic (exact) mass is 349 g/mol. The fourth-order valence-corrected chi connectivity index (χ4v) is 3.67. The van der Waals surface area contributed by atoms with Crippen LogP contribution < -0.4 is 0 Å². The average Bonchev–Trinajstić information content (AvgIpc) is 2.89. The van der Waals surface area contributed by atoms with E-state index in [9.17, 15) is 19.4 Å². The van der Waals surface area contributed by atoms with Crippen LogP contribution in [-0.4, -0.2) is 33.3 Å². The molecule has 0 aromatic heterocycles. The summed E-state index contributed by atoms with van der Waals surface area (Å²) < 4.78 is 13.8. The van der Waals surface area contributed by atoms with E-state index in [-0.39, 0.29) is 15.6 Å². The summed E-state index contributed by atoms with van der Waals surface area (Å²) in [5.74, 6) is -0.727. The Hall–Kier alpha value is -1.04. The molecule has 4 nitrogen and oxygen atoms in total. The highest BCUT2D eigenvalue weighted by Gasteiger charge is 2.49. The summed E-state index contributed by atoms with van der Waals surface area (Å²) in [6.45, 7) is 2.28. The van der Waals surface area contributed by atoms with Gasteiger partial charge in [0.15, 0.2) is 0 Å². The number of benzene rings is 1. The summed E-state index contributed by atoms with van der Waals surface area (Å²) in [6, 6.07) is 2.52. The molecule has 122 valence electrons.